The fourth-order valence-electron chi connectivity index (χ4n) is 2.28. The first-order valence-corrected chi connectivity index (χ1v) is 6.64. The van der Waals surface area contributed by atoms with Gasteiger partial charge in [-0.2, -0.15) is 5.26 Å². The molecule has 0 aliphatic heterocycles. The standard InChI is InChI=1S/C17H12N2O3/c18-9-14-12(10-19-8-4-3-6-15(14)19)11-22-17(21)13-5-1-2-7-16(13)20/h1-8,10,20H,11H2. The zero-order valence-electron chi connectivity index (χ0n) is 11.6. The van der Waals surface area contributed by atoms with Gasteiger partial charge in [0.1, 0.15) is 24.0 Å². The van der Waals surface area contributed by atoms with Crippen LogP contribution in [0.4, 0.5) is 0 Å². The van der Waals surface area contributed by atoms with E-state index in [0.717, 1.165) is 5.52 Å². The Labute approximate surface area is 126 Å². The summed E-state index contributed by atoms with van der Waals surface area (Å²) in [6, 6.07) is 13.8. The quantitative estimate of drug-likeness (QED) is 0.753. The molecule has 1 N–H and O–H groups in total. The number of aromatic nitrogens is 1. The highest BCUT2D eigenvalue weighted by Crippen LogP contribution is 2.21. The van der Waals surface area contributed by atoms with Crippen LogP contribution < -0.4 is 0 Å². The number of rotatable bonds is 3. The lowest BCUT2D eigenvalue weighted by Crippen LogP contribution is -2.05. The summed E-state index contributed by atoms with van der Waals surface area (Å²) in [5.74, 6) is -0.757. The van der Waals surface area contributed by atoms with Crippen molar-refractivity contribution in [2.45, 2.75) is 6.61 Å². The van der Waals surface area contributed by atoms with Crippen LogP contribution in [0.25, 0.3) is 5.52 Å². The molecule has 1 aromatic carbocycles. The summed E-state index contributed by atoms with van der Waals surface area (Å²) in [5.41, 5.74) is 1.96. The van der Waals surface area contributed by atoms with E-state index in [1.165, 1.54) is 12.1 Å². The molecular weight excluding hydrogens is 280 g/mol. The molecule has 3 rings (SSSR count). The number of nitriles is 1. The molecule has 0 amide bonds. The van der Waals surface area contributed by atoms with Gasteiger partial charge in [-0.25, -0.2) is 4.79 Å². The molecule has 0 aliphatic carbocycles. The van der Waals surface area contributed by atoms with Crippen LogP contribution in [0, 0.1) is 11.3 Å². The molecule has 0 aliphatic rings. The number of fused-ring (bicyclic) bond motifs is 1. The van der Waals surface area contributed by atoms with Crippen molar-refractivity contribution in [2.24, 2.45) is 0 Å². The Kier molecular flexibility index (Phi) is 3.50. The maximum atomic E-state index is 12.0. The smallest absolute Gasteiger partial charge is 0.342 e. The number of para-hydroxylation sites is 1. The van der Waals surface area contributed by atoms with Gasteiger partial charge >= 0.3 is 5.97 Å². The molecule has 0 fully saturated rings. The molecule has 0 spiro atoms. The van der Waals surface area contributed by atoms with Crippen molar-refractivity contribution in [1.82, 2.24) is 4.40 Å². The number of nitrogens with zero attached hydrogens (tertiary/aromatic N) is 2. The van der Waals surface area contributed by atoms with E-state index in [2.05, 4.69) is 6.07 Å². The van der Waals surface area contributed by atoms with E-state index in [1.54, 1.807) is 18.3 Å². The van der Waals surface area contributed by atoms with Gasteiger partial charge in [0.25, 0.3) is 0 Å². The number of pyridine rings is 1. The second-order valence-corrected chi connectivity index (χ2v) is 4.73. The Morgan fingerprint density at radius 3 is 2.77 bits per heavy atom. The van der Waals surface area contributed by atoms with Gasteiger partial charge in [0.05, 0.1) is 11.1 Å². The van der Waals surface area contributed by atoms with Crippen molar-refractivity contribution >= 4 is 11.5 Å². The van der Waals surface area contributed by atoms with Crippen LogP contribution >= 0.6 is 0 Å². The Hall–Kier alpha value is -3.26. The molecule has 2 aromatic heterocycles. The number of hydrogen-bond donors (Lipinski definition) is 1. The Bertz CT molecular complexity index is 890. The van der Waals surface area contributed by atoms with Crippen LogP contribution in [-0.2, 0) is 11.3 Å². The molecule has 0 radical (unpaired) electrons. The zero-order valence-corrected chi connectivity index (χ0v) is 11.6. The maximum absolute atomic E-state index is 12.0. The third-order valence-electron chi connectivity index (χ3n) is 3.36. The van der Waals surface area contributed by atoms with Crippen molar-refractivity contribution < 1.29 is 14.6 Å². The van der Waals surface area contributed by atoms with Crippen molar-refractivity contribution in [2.75, 3.05) is 0 Å². The molecule has 2 heterocycles. The summed E-state index contributed by atoms with van der Waals surface area (Å²) in [6.45, 7) is -0.0300. The number of ether oxygens (including phenoxy) is 1. The van der Waals surface area contributed by atoms with E-state index in [9.17, 15) is 15.2 Å². The van der Waals surface area contributed by atoms with Gasteiger partial charge in [-0.15, -0.1) is 0 Å². The lowest BCUT2D eigenvalue weighted by atomic mass is 10.2. The predicted molar refractivity (Wildman–Crippen MR) is 79.3 cm³/mol. The largest absolute Gasteiger partial charge is 0.507 e. The minimum atomic E-state index is -0.628. The average Bonchev–Trinajstić information content (AvgIpc) is 2.90. The molecule has 0 saturated heterocycles. The third kappa shape index (κ3) is 2.38. The van der Waals surface area contributed by atoms with E-state index in [1.807, 2.05) is 28.8 Å². The number of carbonyl (C=O) groups excluding carboxylic acids is 1. The Morgan fingerprint density at radius 2 is 2.00 bits per heavy atom. The predicted octanol–water partition coefficient (Wildman–Crippen LogP) is 2.87. The topological polar surface area (TPSA) is 74.7 Å². The SMILES string of the molecule is N#Cc1c(COC(=O)c2ccccc2O)cn2ccccc12. The molecule has 5 nitrogen and oxygen atoms in total. The van der Waals surface area contributed by atoms with Gasteiger partial charge in [0.2, 0.25) is 0 Å². The van der Waals surface area contributed by atoms with E-state index < -0.39 is 5.97 Å². The Balaban J connectivity index is 1.84. The number of phenolic OH excluding ortho intramolecular Hbond substituents is 1. The normalized spacial score (nSPS) is 10.3. The summed E-state index contributed by atoms with van der Waals surface area (Å²) in [7, 11) is 0. The molecule has 108 valence electrons. The molecule has 5 heteroatoms. The Morgan fingerprint density at radius 1 is 1.23 bits per heavy atom. The number of hydrogen-bond acceptors (Lipinski definition) is 4. The van der Waals surface area contributed by atoms with Crippen LogP contribution in [0.15, 0.2) is 54.9 Å². The van der Waals surface area contributed by atoms with E-state index in [-0.39, 0.29) is 17.9 Å². The summed E-state index contributed by atoms with van der Waals surface area (Å²) >= 11 is 0. The molecule has 3 aromatic rings. The molecule has 22 heavy (non-hydrogen) atoms. The van der Waals surface area contributed by atoms with Crippen molar-refractivity contribution in [1.29, 1.82) is 5.26 Å². The van der Waals surface area contributed by atoms with Gasteiger partial charge in [-0.3, -0.25) is 0 Å². The van der Waals surface area contributed by atoms with Crippen LogP contribution in [0.2, 0.25) is 0 Å². The summed E-state index contributed by atoms with van der Waals surface area (Å²) in [4.78, 5) is 12.0. The lowest BCUT2D eigenvalue weighted by molar-refractivity contribution is 0.0469. The number of benzene rings is 1. The molecular formula is C17H12N2O3. The summed E-state index contributed by atoms with van der Waals surface area (Å²) < 4.78 is 7.01. The second kappa shape index (κ2) is 5.62. The average molecular weight is 292 g/mol. The highest BCUT2D eigenvalue weighted by molar-refractivity contribution is 5.92. The van der Waals surface area contributed by atoms with E-state index in [4.69, 9.17) is 4.74 Å². The van der Waals surface area contributed by atoms with Gasteiger partial charge in [-0.05, 0) is 24.3 Å². The fourth-order valence-corrected chi connectivity index (χ4v) is 2.28. The van der Waals surface area contributed by atoms with Crippen molar-refractivity contribution in [3.8, 4) is 11.8 Å². The van der Waals surface area contributed by atoms with Gasteiger partial charge in [-0.1, -0.05) is 18.2 Å². The number of esters is 1. The van der Waals surface area contributed by atoms with E-state index in [0.29, 0.717) is 11.1 Å². The van der Waals surface area contributed by atoms with Gasteiger partial charge in [0, 0.05) is 18.0 Å². The minimum Gasteiger partial charge on any atom is -0.507 e. The first kappa shape index (κ1) is 13.7. The monoisotopic (exact) mass is 292 g/mol. The summed E-state index contributed by atoms with van der Waals surface area (Å²) in [5, 5.41) is 18.9. The summed E-state index contributed by atoms with van der Waals surface area (Å²) in [6.07, 6.45) is 3.58. The first-order valence-electron chi connectivity index (χ1n) is 6.64. The number of aromatic hydroxyl groups is 1. The van der Waals surface area contributed by atoms with Gasteiger partial charge < -0.3 is 14.2 Å². The van der Waals surface area contributed by atoms with Crippen LogP contribution in [-0.4, -0.2) is 15.5 Å². The zero-order chi connectivity index (χ0) is 15.5. The van der Waals surface area contributed by atoms with Crippen LogP contribution in [0.5, 0.6) is 5.75 Å². The number of carbonyl (C=O) groups is 1. The lowest BCUT2D eigenvalue weighted by Gasteiger charge is -2.05. The fraction of sp³-hybridized carbons (Fsp3) is 0.0588. The highest BCUT2D eigenvalue weighted by Gasteiger charge is 2.15. The molecule has 0 unspecified atom stereocenters. The highest BCUT2D eigenvalue weighted by atomic mass is 16.5. The van der Waals surface area contributed by atoms with Crippen molar-refractivity contribution in [3.05, 3.63) is 71.5 Å². The molecule has 0 atom stereocenters. The second-order valence-electron chi connectivity index (χ2n) is 4.73. The first-order chi connectivity index (χ1) is 10.7. The van der Waals surface area contributed by atoms with Crippen LogP contribution in [0.1, 0.15) is 21.5 Å². The van der Waals surface area contributed by atoms with Crippen LogP contribution in [0.3, 0.4) is 0 Å². The molecule has 0 saturated carbocycles. The molecule has 0 bridgehead atoms. The van der Waals surface area contributed by atoms with Gasteiger partial charge in [0.15, 0.2) is 0 Å². The number of phenols is 1. The van der Waals surface area contributed by atoms with Crippen molar-refractivity contribution in [3.63, 3.8) is 0 Å². The third-order valence-corrected chi connectivity index (χ3v) is 3.36. The van der Waals surface area contributed by atoms with E-state index >= 15 is 0 Å². The maximum Gasteiger partial charge on any atom is 0.342 e. The minimum absolute atomic E-state index is 0.0300.